The SMILES string of the molecule is C#CCOCCOCCN1C(=O)C(NC(=O)OC(C)(C)C)CC(c2cccc(F)c2F)C1C. The van der Waals surface area contributed by atoms with E-state index < -0.39 is 41.3 Å². The summed E-state index contributed by atoms with van der Waals surface area (Å²) in [7, 11) is 0. The van der Waals surface area contributed by atoms with Gasteiger partial charge in [-0.05, 0) is 45.7 Å². The zero-order chi connectivity index (χ0) is 24.6. The maximum Gasteiger partial charge on any atom is 0.408 e. The van der Waals surface area contributed by atoms with Gasteiger partial charge in [0.2, 0.25) is 5.91 Å². The molecule has 2 rings (SSSR count). The van der Waals surface area contributed by atoms with Crippen LogP contribution in [0.3, 0.4) is 0 Å². The van der Waals surface area contributed by atoms with Crippen molar-refractivity contribution in [3.8, 4) is 12.3 Å². The lowest BCUT2D eigenvalue weighted by atomic mass is 9.81. The quantitative estimate of drug-likeness (QED) is 0.447. The highest BCUT2D eigenvalue weighted by atomic mass is 19.2. The smallest absolute Gasteiger partial charge is 0.408 e. The third-order valence-electron chi connectivity index (χ3n) is 5.25. The van der Waals surface area contributed by atoms with Gasteiger partial charge < -0.3 is 24.4 Å². The van der Waals surface area contributed by atoms with E-state index in [2.05, 4.69) is 11.2 Å². The lowest BCUT2D eigenvalue weighted by Crippen LogP contribution is -2.59. The van der Waals surface area contributed by atoms with Crippen LogP contribution >= 0.6 is 0 Å². The molecule has 3 unspecified atom stereocenters. The minimum absolute atomic E-state index is 0.108. The van der Waals surface area contributed by atoms with E-state index in [0.29, 0.717) is 13.2 Å². The van der Waals surface area contributed by atoms with Crippen LogP contribution in [0.2, 0.25) is 0 Å². The van der Waals surface area contributed by atoms with Crippen molar-refractivity contribution in [3.05, 3.63) is 35.4 Å². The highest BCUT2D eigenvalue weighted by Crippen LogP contribution is 2.35. The molecule has 182 valence electrons. The number of ether oxygens (including phenoxy) is 3. The number of halogens is 2. The minimum Gasteiger partial charge on any atom is -0.444 e. The van der Waals surface area contributed by atoms with Crippen LogP contribution in [0.5, 0.6) is 0 Å². The second-order valence-electron chi connectivity index (χ2n) is 8.83. The molecule has 9 heteroatoms. The molecule has 0 aromatic heterocycles. The van der Waals surface area contributed by atoms with Gasteiger partial charge in [-0.1, -0.05) is 18.1 Å². The van der Waals surface area contributed by atoms with Crippen LogP contribution in [0, 0.1) is 24.0 Å². The van der Waals surface area contributed by atoms with Crippen LogP contribution in [0.15, 0.2) is 18.2 Å². The van der Waals surface area contributed by atoms with Gasteiger partial charge in [-0.2, -0.15) is 0 Å². The summed E-state index contributed by atoms with van der Waals surface area (Å²) in [5, 5.41) is 2.59. The number of nitrogens with zero attached hydrogens (tertiary/aromatic N) is 1. The number of rotatable bonds is 9. The van der Waals surface area contributed by atoms with Gasteiger partial charge in [-0.3, -0.25) is 4.79 Å². The van der Waals surface area contributed by atoms with E-state index >= 15 is 0 Å². The van der Waals surface area contributed by atoms with Crippen LogP contribution in [-0.4, -0.2) is 67.6 Å². The zero-order valence-corrected chi connectivity index (χ0v) is 19.5. The van der Waals surface area contributed by atoms with E-state index in [1.54, 1.807) is 27.7 Å². The fraction of sp³-hybridized carbons (Fsp3) is 0.583. The van der Waals surface area contributed by atoms with E-state index in [0.717, 1.165) is 6.07 Å². The number of hydrogen-bond acceptors (Lipinski definition) is 5. The van der Waals surface area contributed by atoms with Crippen LogP contribution in [0.1, 0.15) is 45.6 Å². The molecule has 7 nitrogen and oxygen atoms in total. The van der Waals surface area contributed by atoms with Crippen molar-refractivity contribution < 1.29 is 32.6 Å². The first-order valence-electron chi connectivity index (χ1n) is 10.9. The molecule has 0 radical (unpaired) electrons. The van der Waals surface area contributed by atoms with E-state index in [1.165, 1.54) is 17.0 Å². The van der Waals surface area contributed by atoms with Crippen molar-refractivity contribution >= 4 is 12.0 Å². The van der Waals surface area contributed by atoms with E-state index in [4.69, 9.17) is 20.6 Å². The topological polar surface area (TPSA) is 77.1 Å². The second-order valence-corrected chi connectivity index (χ2v) is 8.83. The molecule has 0 saturated carbocycles. The van der Waals surface area contributed by atoms with Crippen molar-refractivity contribution in [3.63, 3.8) is 0 Å². The summed E-state index contributed by atoms with van der Waals surface area (Å²) >= 11 is 0. The molecule has 1 N–H and O–H groups in total. The van der Waals surface area contributed by atoms with Crippen molar-refractivity contribution in [1.82, 2.24) is 10.2 Å². The Morgan fingerprint density at radius 3 is 2.61 bits per heavy atom. The number of piperidine rings is 1. The Hall–Kier alpha value is -2.70. The molecule has 1 aromatic carbocycles. The fourth-order valence-corrected chi connectivity index (χ4v) is 3.76. The highest BCUT2D eigenvalue weighted by molar-refractivity contribution is 5.87. The molecule has 1 aromatic rings. The summed E-state index contributed by atoms with van der Waals surface area (Å²) in [6.07, 6.45) is 4.46. The third kappa shape index (κ3) is 7.69. The number of benzene rings is 1. The molecule has 1 saturated heterocycles. The standard InChI is InChI=1S/C24H32F2N2O5/c1-6-11-31-13-14-32-12-10-28-16(2)18(17-8-7-9-19(25)21(17)26)15-20(22(28)29)27-23(30)33-24(3,4)5/h1,7-9,16,18,20H,10-15H2,2-5H3,(H,27,30). The largest absolute Gasteiger partial charge is 0.444 e. The summed E-state index contributed by atoms with van der Waals surface area (Å²) < 4.78 is 44.4. The van der Waals surface area contributed by atoms with Crippen molar-refractivity contribution in [2.45, 2.75) is 57.7 Å². The molecule has 1 fully saturated rings. The Morgan fingerprint density at radius 2 is 1.94 bits per heavy atom. The molecule has 0 aliphatic carbocycles. The predicted molar refractivity (Wildman–Crippen MR) is 119 cm³/mol. The average molecular weight is 467 g/mol. The Kier molecular flexibility index (Phi) is 9.62. The molecule has 1 aliphatic rings. The van der Waals surface area contributed by atoms with Crippen molar-refractivity contribution in [2.24, 2.45) is 0 Å². The number of terminal acetylenes is 1. The Morgan fingerprint density at radius 1 is 1.24 bits per heavy atom. The Bertz CT molecular complexity index is 865. The summed E-state index contributed by atoms with van der Waals surface area (Å²) in [4.78, 5) is 27.0. The van der Waals surface area contributed by atoms with Crippen molar-refractivity contribution in [1.29, 1.82) is 0 Å². The first kappa shape index (κ1) is 26.6. The van der Waals surface area contributed by atoms with E-state index in [-0.39, 0.29) is 37.6 Å². The molecule has 2 amide bonds. The van der Waals surface area contributed by atoms with Gasteiger partial charge in [0.25, 0.3) is 0 Å². The van der Waals surface area contributed by atoms with Gasteiger partial charge in [0, 0.05) is 18.5 Å². The van der Waals surface area contributed by atoms with Gasteiger partial charge in [0.15, 0.2) is 11.6 Å². The number of hydrogen-bond donors (Lipinski definition) is 1. The minimum atomic E-state index is -0.963. The van der Waals surface area contributed by atoms with Crippen molar-refractivity contribution in [2.75, 3.05) is 33.0 Å². The predicted octanol–water partition coefficient (Wildman–Crippen LogP) is 3.23. The second kappa shape index (κ2) is 12.0. The maximum absolute atomic E-state index is 14.6. The van der Waals surface area contributed by atoms with Crippen LogP contribution in [-0.2, 0) is 19.0 Å². The normalized spacial score (nSPS) is 20.9. The molecule has 1 heterocycles. The monoisotopic (exact) mass is 466 g/mol. The Labute approximate surface area is 193 Å². The molecular weight excluding hydrogens is 434 g/mol. The maximum atomic E-state index is 14.6. The summed E-state index contributed by atoms with van der Waals surface area (Å²) in [6, 6.07) is 2.56. The number of carbonyl (C=O) groups excluding carboxylic acids is 2. The highest BCUT2D eigenvalue weighted by Gasteiger charge is 2.42. The average Bonchev–Trinajstić information content (AvgIpc) is 2.72. The third-order valence-corrected chi connectivity index (χ3v) is 5.25. The lowest BCUT2D eigenvalue weighted by Gasteiger charge is -2.43. The molecular formula is C24H32F2N2O5. The Balaban J connectivity index is 2.16. The van der Waals surface area contributed by atoms with E-state index in [9.17, 15) is 18.4 Å². The molecule has 33 heavy (non-hydrogen) atoms. The first-order chi connectivity index (χ1) is 15.5. The molecule has 0 bridgehead atoms. The van der Waals surface area contributed by atoms with Crippen LogP contribution in [0.25, 0.3) is 0 Å². The summed E-state index contributed by atoms with van der Waals surface area (Å²) in [6.45, 7) is 8.09. The number of likely N-dealkylation sites (tertiary alicyclic amines) is 1. The molecule has 3 atom stereocenters. The van der Waals surface area contributed by atoms with Gasteiger partial charge >= 0.3 is 6.09 Å². The number of amides is 2. The molecule has 0 spiro atoms. The lowest BCUT2D eigenvalue weighted by molar-refractivity contribution is -0.140. The van der Waals surface area contributed by atoms with Crippen LogP contribution < -0.4 is 5.32 Å². The van der Waals surface area contributed by atoms with E-state index in [1.807, 2.05) is 0 Å². The van der Waals surface area contributed by atoms with Gasteiger partial charge in [0.1, 0.15) is 18.2 Å². The van der Waals surface area contributed by atoms with Gasteiger partial charge in [-0.15, -0.1) is 6.42 Å². The number of carbonyl (C=O) groups is 2. The zero-order valence-electron chi connectivity index (χ0n) is 19.5. The van der Waals surface area contributed by atoms with Gasteiger partial charge in [-0.25, -0.2) is 13.6 Å². The molecule has 1 aliphatic heterocycles. The van der Waals surface area contributed by atoms with Gasteiger partial charge in [0.05, 0.1) is 19.8 Å². The first-order valence-corrected chi connectivity index (χ1v) is 10.9. The number of alkyl carbamates (subject to hydrolysis) is 1. The van der Waals surface area contributed by atoms with Crippen LogP contribution in [0.4, 0.5) is 13.6 Å². The number of nitrogens with one attached hydrogen (secondary N) is 1. The summed E-state index contributed by atoms with van der Waals surface area (Å²) in [5.74, 6) is -0.451. The fourth-order valence-electron chi connectivity index (χ4n) is 3.76. The summed E-state index contributed by atoms with van der Waals surface area (Å²) in [5.41, 5.74) is -0.599.